The Morgan fingerprint density at radius 2 is 1.72 bits per heavy atom. The first-order valence-electron chi connectivity index (χ1n) is 8.94. The Morgan fingerprint density at radius 1 is 1.12 bits per heavy atom. The molecule has 0 unspecified atom stereocenters. The van der Waals surface area contributed by atoms with Gasteiger partial charge in [-0.05, 0) is 30.0 Å². The van der Waals surface area contributed by atoms with Crippen LogP contribution in [0.5, 0.6) is 0 Å². The van der Waals surface area contributed by atoms with E-state index in [0.29, 0.717) is 5.56 Å². The van der Waals surface area contributed by atoms with Crippen molar-refractivity contribution in [1.82, 2.24) is 10.9 Å². The lowest BCUT2D eigenvalue weighted by molar-refractivity contribution is 0.0878. The standard InChI is InChI=1S/C22H28N2O/c1-4-6-17-22(18(3)5-2,20-15-11-8-12-16-20)24-23-21(25)19-13-9-7-10-14-19/h5,7-16,18,24H,2,4,6,17H2,1,3H3,(H,23,25)/t18-,22+/m0/s1. The lowest BCUT2D eigenvalue weighted by atomic mass is 9.76. The number of hydrogen-bond acceptors (Lipinski definition) is 2. The Balaban J connectivity index is 2.29. The second kappa shape index (κ2) is 9.19. The maximum Gasteiger partial charge on any atom is 0.265 e. The van der Waals surface area contributed by atoms with Crippen molar-refractivity contribution >= 4 is 5.91 Å². The molecule has 0 aromatic heterocycles. The summed E-state index contributed by atoms with van der Waals surface area (Å²) in [7, 11) is 0. The number of carbonyl (C=O) groups is 1. The highest BCUT2D eigenvalue weighted by molar-refractivity contribution is 5.93. The summed E-state index contributed by atoms with van der Waals surface area (Å²) in [4.78, 5) is 12.5. The van der Waals surface area contributed by atoms with Crippen LogP contribution in [0.15, 0.2) is 73.3 Å². The molecule has 0 radical (unpaired) electrons. The van der Waals surface area contributed by atoms with Crippen LogP contribution in [-0.4, -0.2) is 5.91 Å². The number of hydrazine groups is 1. The summed E-state index contributed by atoms with van der Waals surface area (Å²) < 4.78 is 0. The van der Waals surface area contributed by atoms with Gasteiger partial charge in [0.2, 0.25) is 0 Å². The summed E-state index contributed by atoms with van der Waals surface area (Å²) in [5.41, 5.74) is 7.70. The molecule has 0 saturated carbocycles. The molecule has 0 spiro atoms. The minimum absolute atomic E-state index is 0.131. The number of amides is 1. The molecule has 2 atom stereocenters. The van der Waals surface area contributed by atoms with E-state index >= 15 is 0 Å². The molecular formula is C22H28N2O. The second-order valence-electron chi connectivity index (χ2n) is 6.41. The molecule has 2 aromatic rings. The van der Waals surface area contributed by atoms with Gasteiger partial charge in [0.05, 0.1) is 5.54 Å². The van der Waals surface area contributed by atoms with E-state index in [4.69, 9.17) is 0 Å². The van der Waals surface area contributed by atoms with E-state index in [-0.39, 0.29) is 17.4 Å². The van der Waals surface area contributed by atoms with Gasteiger partial charge in [-0.15, -0.1) is 6.58 Å². The van der Waals surface area contributed by atoms with Crippen molar-refractivity contribution in [2.75, 3.05) is 0 Å². The highest BCUT2D eigenvalue weighted by Crippen LogP contribution is 2.35. The van der Waals surface area contributed by atoms with Gasteiger partial charge in [-0.3, -0.25) is 10.2 Å². The zero-order valence-electron chi connectivity index (χ0n) is 15.2. The van der Waals surface area contributed by atoms with Crippen LogP contribution in [0, 0.1) is 5.92 Å². The average Bonchev–Trinajstić information content (AvgIpc) is 2.69. The van der Waals surface area contributed by atoms with E-state index in [1.165, 1.54) is 0 Å². The molecule has 2 aromatic carbocycles. The Bertz CT molecular complexity index is 669. The lowest BCUT2D eigenvalue weighted by Gasteiger charge is -2.39. The Morgan fingerprint density at radius 3 is 2.28 bits per heavy atom. The number of benzene rings is 2. The summed E-state index contributed by atoms with van der Waals surface area (Å²) in [6.07, 6.45) is 5.01. The summed E-state index contributed by atoms with van der Waals surface area (Å²) in [5, 5.41) is 0. The lowest BCUT2D eigenvalue weighted by Crippen LogP contribution is -2.55. The highest BCUT2D eigenvalue weighted by Gasteiger charge is 2.36. The largest absolute Gasteiger partial charge is 0.287 e. The average molecular weight is 336 g/mol. The monoisotopic (exact) mass is 336 g/mol. The fourth-order valence-corrected chi connectivity index (χ4v) is 3.11. The minimum atomic E-state index is -0.385. The van der Waals surface area contributed by atoms with Gasteiger partial charge in [0, 0.05) is 5.56 Å². The van der Waals surface area contributed by atoms with E-state index in [2.05, 4.69) is 43.4 Å². The van der Waals surface area contributed by atoms with Crippen molar-refractivity contribution < 1.29 is 4.79 Å². The number of rotatable bonds is 9. The van der Waals surface area contributed by atoms with Crippen LogP contribution >= 0.6 is 0 Å². The first-order chi connectivity index (χ1) is 12.1. The molecule has 25 heavy (non-hydrogen) atoms. The molecule has 1 amide bonds. The maximum absolute atomic E-state index is 12.5. The molecule has 0 aliphatic rings. The van der Waals surface area contributed by atoms with Gasteiger partial charge in [0.1, 0.15) is 0 Å². The summed E-state index contributed by atoms with van der Waals surface area (Å²) in [6.45, 7) is 8.31. The molecule has 0 fully saturated rings. The van der Waals surface area contributed by atoms with Crippen molar-refractivity contribution in [3.05, 3.63) is 84.4 Å². The van der Waals surface area contributed by atoms with E-state index in [0.717, 1.165) is 24.8 Å². The zero-order chi connectivity index (χ0) is 18.1. The predicted octanol–water partition coefficient (Wildman–Crippen LogP) is 4.83. The van der Waals surface area contributed by atoms with E-state index in [1.54, 1.807) is 0 Å². The summed E-state index contributed by atoms with van der Waals surface area (Å²) in [5.74, 6) is 0.0196. The van der Waals surface area contributed by atoms with Crippen molar-refractivity contribution in [1.29, 1.82) is 0 Å². The van der Waals surface area contributed by atoms with Crippen LogP contribution in [0.4, 0.5) is 0 Å². The minimum Gasteiger partial charge on any atom is -0.287 e. The topological polar surface area (TPSA) is 41.1 Å². The normalized spacial score (nSPS) is 14.3. The van der Waals surface area contributed by atoms with Gasteiger partial charge in [0.25, 0.3) is 5.91 Å². The Hall–Kier alpha value is -2.39. The van der Waals surface area contributed by atoms with Gasteiger partial charge >= 0.3 is 0 Å². The fourth-order valence-electron chi connectivity index (χ4n) is 3.11. The van der Waals surface area contributed by atoms with Crippen LogP contribution < -0.4 is 10.9 Å². The molecule has 132 valence electrons. The molecular weight excluding hydrogens is 308 g/mol. The fraction of sp³-hybridized carbons (Fsp3) is 0.318. The third kappa shape index (κ3) is 4.58. The predicted molar refractivity (Wildman–Crippen MR) is 104 cm³/mol. The zero-order valence-corrected chi connectivity index (χ0v) is 15.2. The maximum atomic E-state index is 12.5. The van der Waals surface area contributed by atoms with Gasteiger partial charge in [-0.1, -0.05) is 81.3 Å². The van der Waals surface area contributed by atoms with Crippen molar-refractivity contribution in [3.8, 4) is 0 Å². The van der Waals surface area contributed by atoms with Crippen LogP contribution in [-0.2, 0) is 5.54 Å². The molecule has 0 saturated heterocycles. The summed E-state index contributed by atoms with van der Waals surface area (Å²) in [6, 6.07) is 19.5. The Labute approximate surface area is 151 Å². The molecule has 2 N–H and O–H groups in total. The molecule has 3 nitrogen and oxygen atoms in total. The quantitative estimate of drug-likeness (QED) is 0.509. The first-order valence-corrected chi connectivity index (χ1v) is 8.94. The van der Waals surface area contributed by atoms with Crippen molar-refractivity contribution in [2.24, 2.45) is 5.92 Å². The third-order valence-corrected chi connectivity index (χ3v) is 4.78. The number of unbranched alkanes of at least 4 members (excludes halogenated alkanes) is 1. The van der Waals surface area contributed by atoms with Gasteiger partial charge in [-0.2, -0.15) is 0 Å². The number of nitrogens with one attached hydrogen (secondary N) is 2. The van der Waals surface area contributed by atoms with Crippen LogP contribution in [0.2, 0.25) is 0 Å². The van der Waals surface area contributed by atoms with Crippen LogP contribution in [0.1, 0.15) is 49.0 Å². The molecule has 0 heterocycles. The molecule has 0 aliphatic heterocycles. The molecule has 0 aliphatic carbocycles. The van der Waals surface area contributed by atoms with Crippen molar-refractivity contribution in [2.45, 2.75) is 38.6 Å². The van der Waals surface area contributed by atoms with Gasteiger partial charge in [-0.25, -0.2) is 5.43 Å². The van der Waals surface area contributed by atoms with Gasteiger partial charge in [0.15, 0.2) is 0 Å². The Kier molecular flexibility index (Phi) is 6.96. The summed E-state index contributed by atoms with van der Waals surface area (Å²) >= 11 is 0. The smallest absolute Gasteiger partial charge is 0.265 e. The van der Waals surface area contributed by atoms with Crippen LogP contribution in [0.3, 0.4) is 0 Å². The van der Waals surface area contributed by atoms with Gasteiger partial charge < -0.3 is 0 Å². The molecule has 3 heteroatoms. The molecule has 0 bridgehead atoms. The highest BCUT2D eigenvalue weighted by atomic mass is 16.2. The molecule has 2 rings (SSSR count). The van der Waals surface area contributed by atoms with E-state index in [9.17, 15) is 4.79 Å². The number of hydrogen-bond donors (Lipinski definition) is 2. The van der Waals surface area contributed by atoms with Crippen molar-refractivity contribution in [3.63, 3.8) is 0 Å². The second-order valence-corrected chi connectivity index (χ2v) is 6.41. The number of carbonyl (C=O) groups excluding carboxylic acids is 1. The van der Waals surface area contributed by atoms with Crippen LogP contribution in [0.25, 0.3) is 0 Å². The third-order valence-electron chi connectivity index (χ3n) is 4.78. The van der Waals surface area contributed by atoms with E-state index < -0.39 is 0 Å². The first kappa shape index (κ1) is 18.9. The SMILES string of the molecule is C=C[C@H](C)[C@@](CCCC)(NNC(=O)c1ccccc1)c1ccccc1. The van der Waals surface area contributed by atoms with E-state index in [1.807, 2.05) is 54.6 Å².